The van der Waals surface area contributed by atoms with E-state index in [4.69, 9.17) is 4.42 Å². The molecule has 0 amide bonds. The van der Waals surface area contributed by atoms with Gasteiger partial charge < -0.3 is 9.32 Å². The van der Waals surface area contributed by atoms with Crippen LogP contribution in [0.2, 0.25) is 0 Å². The van der Waals surface area contributed by atoms with Crippen molar-refractivity contribution in [2.45, 2.75) is 19.3 Å². The second kappa shape index (κ2) is 13.9. The van der Waals surface area contributed by atoms with Crippen LogP contribution in [0.1, 0.15) is 25.0 Å². The topological polar surface area (TPSA) is 16.4 Å². The van der Waals surface area contributed by atoms with Crippen molar-refractivity contribution < 1.29 is 4.42 Å². The highest BCUT2D eigenvalue weighted by atomic mass is 16.3. The van der Waals surface area contributed by atoms with Crippen LogP contribution in [0.4, 0.5) is 17.1 Å². The first-order valence-corrected chi connectivity index (χ1v) is 20.4. The summed E-state index contributed by atoms with van der Waals surface area (Å²) in [5, 5.41) is 2.25. The summed E-state index contributed by atoms with van der Waals surface area (Å²) in [6.07, 6.45) is 0. The summed E-state index contributed by atoms with van der Waals surface area (Å²) in [4.78, 5) is 2.47. The zero-order chi connectivity index (χ0) is 39.5. The molecule has 11 rings (SSSR count). The molecule has 0 unspecified atom stereocenters. The summed E-state index contributed by atoms with van der Waals surface area (Å²) < 4.78 is 6.46. The smallest absolute Gasteiger partial charge is 0.136 e. The van der Waals surface area contributed by atoms with E-state index in [0.29, 0.717) is 0 Å². The molecule has 0 atom stereocenters. The quantitative estimate of drug-likeness (QED) is 0.161. The summed E-state index contributed by atoms with van der Waals surface area (Å²) in [7, 11) is 0. The van der Waals surface area contributed by atoms with Gasteiger partial charge in [-0.05, 0) is 98.1 Å². The van der Waals surface area contributed by atoms with E-state index in [1.54, 1.807) is 0 Å². The van der Waals surface area contributed by atoms with Gasteiger partial charge >= 0.3 is 0 Å². The SMILES string of the molecule is CC1(C)c2ccccc2-c2c(-c3ccccc3N(c3ccc(-c4ccccc4)c(-c4ccccc4)c3)c3ccccc3-c3ccc4c(c3)oc3ccccc34)cccc21. The van der Waals surface area contributed by atoms with Gasteiger partial charge in [-0.15, -0.1) is 0 Å². The van der Waals surface area contributed by atoms with Crippen LogP contribution in [0.25, 0.3) is 77.6 Å². The van der Waals surface area contributed by atoms with Gasteiger partial charge in [0.25, 0.3) is 0 Å². The first-order valence-electron chi connectivity index (χ1n) is 20.4. The lowest BCUT2D eigenvalue weighted by atomic mass is 9.82. The molecule has 1 aliphatic rings. The second-order valence-electron chi connectivity index (χ2n) is 16.0. The molecular formula is C57H41NO. The van der Waals surface area contributed by atoms with E-state index in [-0.39, 0.29) is 5.41 Å². The fourth-order valence-corrected chi connectivity index (χ4v) is 9.49. The number of hydrogen-bond acceptors (Lipinski definition) is 2. The maximum absolute atomic E-state index is 6.46. The lowest BCUT2D eigenvalue weighted by Gasteiger charge is -2.31. The molecule has 0 spiro atoms. The summed E-state index contributed by atoms with van der Waals surface area (Å²) in [6, 6.07) is 76.9. The zero-order valence-corrected chi connectivity index (χ0v) is 33.1. The molecule has 0 saturated carbocycles. The average molecular weight is 756 g/mol. The van der Waals surface area contributed by atoms with E-state index in [0.717, 1.165) is 50.1 Å². The maximum Gasteiger partial charge on any atom is 0.136 e. The predicted octanol–water partition coefficient (Wildman–Crippen LogP) is 16.0. The van der Waals surface area contributed by atoms with E-state index < -0.39 is 0 Å². The van der Waals surface area contributed by atoms with Crippen LogP contribution in [0.15, 0.2) is 217 Å². The van der Waals surface area contributed by atoms with Crippen LogP contribution in [0.3, 0.4) is 0 Å². The van der Waals surface area contributed by atoms with Crippen LogP contribution in [0.5, 0.6) is 0 Å². The van der Waals surface area contributed by atoms with Crippen molar-refractivity contribution in [2.24, 2.45) is 0 Å². The van der Waals surface area contributed by atoms with Gasteiger partial charge in [0, 0.05) is 33.0 Å². The molecular weight excluding hydrogens is 715 g/mol. The monoisotopic (exact) mass is 755 g/mol. The fraction of sp³-hybridized carbons (Fsp3) is 0.0526. The maximum atomic E-state index is 6.46. The van der Waals surface area contributed by atoms with Crippen LogP contribution < -0.4 is 4.90 Å². The summed E-state index contributed by atoms with van der Waals surface area (Å²) in [5.74, 6) is 0. The highest BCUT2D eigenvalue weighted by molar-refractivity contribution is 6.07. The number of nitrogens with zero attached hydrogens (tertiary/aromatic N) is 1. The van der Waals surface area contributed by atoms with Crippen LogP contribution in [0, 0.1) is 0 Å². The Morgan fingerprint density at radius 3 is 1.71 bits per heavy atom. The standard InChI is InChI=1S/C57H41NO/c1-57(2)50-27-13-9-25-48(50)56-47(26-17-28-51(56)57)44-23-11-15-30-53(44)58(41-33-35-42(38-18-5-3-6-19-38)49(37-41)39-20-7-4-8-21-39)52-29-14-10-22-43(52)40-32-34-46-45-24-12-16-31-54(45)59-55(46)36-40/h3-37H,1-2H3. The van der Waals surface area contributed by atoms with Gasteiger partial charge in [0.2, 0.25) is 0 Å². The van der Waals surface area contributed by atoms with Crippen LogP contribution in [-0.4, -0.2) is 0 Å². The Bertz CT molecular complexity index is 3190. The van der Waals surface area contributed by atoms with Gasteiger partial charge in [-0.1, -0.05) is 184 Å². The lowest BCUT2D eigenvalue weighted by molar-refractivity contribution is 0.660. The van der Waals surface area contributed by atoms with Crippen molar-refractivity contribution in [3.63, 3.8) is 0 Å². The molecule has 0 radical (unpaired) electrons. The van der Waals surface area contributed by atoms with Crippen molar-refractivity contribution in [3.8, 4) is 55.6 Å². The van der Waals surface area contributed by atoms with E-state index in [1.807, 2.05) is 12.1 Å². The fourth-order valence-electron chi connectivity index (χ4n) is 9.49. The largest absolute Gasteiger partial charge is 0.456 e. The van der Waals surface area contributed by atoms with E-state index in [9.17, 15) is 0 Å². The minimum atomic E-state index is -0.115. The van der Waals surface area contributed by atoms with Gasteiger partial charge in [-0.25, -0.2) is 0 Å². The normalized spacial score (nSPS) is 12.7. The van der Waals surface area contributed by atoms with E-state index in [1.165, 1.54) is 55.6 Å². The number of fused-ring (bicyclic) bond motifs is 6. The van der Waals surface area contributed by atoms with Crippen molar-refractivity contribution in [1.29, 1.82) is 0 Å². The molecule has 1 heterocycles. The number of anilines is 3. The first-order chi connectivity index (χ1) is 29.0. The van der Waals surface area contributed by atoms with Crippen LogP contribution >= 0.6 is 0 Å². The molecule has 0 aliphatic heterocycles. The van der Waals surface area contributed by atoms with E-state index in [2.05, 4.69) is 219 Å². The molecule has 0 fully saturated rings. The van der Waals surface area contributed by atoms with Crippen molar-refractivity contribution in [1.82, 2.24) is 0 Å². The predicted molar refractivity (Wildman–Crippen MR) is 248 cm³/mol. The van der Waals surface area contributed by atoms with Crippen molar-refractivity contribution >= 4 is 39.0 Å². The highest BCUT2D eigenvalue weighted by Crippen LogP contribution is 2.54. The minimum absolute atomic E-state index is 0.115. The van der Waals surface area contributed by atoms with Gasteiger partial charge in [-0.3, -0.25) is 0 Å². The molecule has 59 heavy (non-hydrogen) atoms. The van der Waals surface area contributed by atoms with E-state index >= 15 is 0 Å². The average Bonchev–Trinajstić information content (AvgIpc) is 3.79. The summed E-state index contributed by atoms with van der Waals surface area (Å²) in [5.41, 5.74) is 19.6. The number of benzene rings is 9. The number of para-hydroxylation sites is 3. The molecule has 9 aromatic carbocycles. The first kappa shape index (κ1) is 34.8. The molecule has 280 valence electrons. The lowest BCUT2D eigenvalue weighted by Crippen LogP contribution is -2.15. The third-order valence-electron chi connectivity index (χ3n) is 12.3. The molecule has 0 saturated heterocycles. The Kier molecular flexibility index (Phi) is 8.20. The minimum Gasteiger partial charge on any atom is -0.456 e. The molecule has 0 N–H and O–H groups in total. The second-order valence-corrected chi connectivity index (χ2v) is 16.0. The van der Waals surface area contributed by atoms with Gasteiger partial charge in [0.05, 0.1) is 11.4 Å². The third-order valence-corrected chi connectivity index (χ3v) is 12.3. The Labute approximate surface area is 345 Å². The van der Waals surface area contributed by atoms with Gasteiger partial charge in [0.1, 0.15) is 11.2 Å². The molecule has 10 aromatic rings. The Balaban J connectivity index is 1.18. The Morgan fingerprint density at radius 2 is 0.932 bits per heavy atom. The number of furan rings is 1. The number of hydrogen-bond donors (Lipinski definition) is 0. The molecule has 2 heteroatoms. The zero-order valence-electron chi connectivity index (χ0n) is 33.1. The van der Waals surface area contributed by atoms with Crippen molar-refractivity contribution in [2.75, 3.05) is 4.90 Å². The Hall–Kier alpha value is -7.42. The highest BCUT2D eigenvalue weighted by Gasteiger charge is 2.37. The van der Waals surface area contributed by atoms with Gasteiger partial charge in [0.15, 0.2) is 0 Å². The third kappa shape index (κ3) is 5.71. The number of rotatable bonds is 7. The molecule has 0 bridgehead atoms. The summed E-state index contributed by atoms with van der Waals surface area (Å²) >= 11 is 0. The summed E-state index contributed by atoms with van der Waals surface area (Å²) in [6.45, 7) is 4.71. The van der Waals surface area contributed by atoms with Crippen LogP contribution in [-0.2, 0) is 5.41 Å². The molecule has 1 aromatic heterocycles. The molecule has 2 nitrogen and oxygen atoms in total. The molecule has 1 aliphatic carbocycles. The van der Waals surface area contributed by atoms with Crippen molar-refractivity contribution in [3.05, 3.63) is 223 Å². The van der Waals surface area contributed by atoms with Gasteiger partial charge in [-0.2, -0.15) is 0 Å². The Morgan fingerprint density at radius 1 is 0.356 bits per heavy atom.